The number of hydrogen-bond donors (Lipinski definition) is 2. The zero-order chi connectivity index (χ0) is 15.4. The highest BCUT2D eigenvalue weighted by molar-refractivity contribution is 5.79. The minimum atomic E-state index is 0.170. The topological polar surface area (TPSA) is 84.7 Å². The molecule has 0 radical (unpaired) electrons. The van der Waals surface area contributed by atoms with Crippen LogP contribution in [0.3, 0.4) is 0 Å². The zero-order valence-corrected chi connectivity index (χ0v) is 12.6. The average Bonchev–Trinajstić information content (AvgIpc) is 2.89. The van der Waals surface area contributed by atoms with Gasteiger partial charge in [0.05, 0.1) is 5.69 Å². The minimum absolute atomic E-state index is 0.170. The third kappa shape index (κ3) is 3.41. The molecule has 1 saturated carbocycles. The molecule has 1 amide bonds. The van der Waals surface area contributed by atoms with E-state index in [4.69, 9.17) is 0 Å². The van der Waals surface area contributed by atoms with Gasteiger partial charge in [-0.1, -0.05) is 6.42 Å². The Balaban J connectivity index is 1.49. The number of amides is 1. The largest absolute Gasteiger partial charge is 0.368 e. The van der Waals surface area contributed by atoms with E-state index in [1.165, 1.54) is 12.7 Å². The van der Waals surface area contributed by atoms with Crippen LogP contribution in [0.25, 0.3) is 5.82 Å². The summed E-state index contributed by atoms with van der Waals surface area (Å²) >= 11 is 0. The normalized spacial score (nSPS) is 14.4. The van der Waals surface area contributed by atoms with Crippen molar-refractivity contribution in [2.24, 2.45) is 5.92 Å². The predicted octanol–water partition coefficient (Wildman–Crippen LogP) is 1.30. The van der Waals surface area contributed by atoms with Crippen LogP contribution < -0.4 is 10.6 Å². The Kier molecular flexibility index (Phi) is 4.32. The molecule has 2 aromatic heterocycles. The smallest absolute Gasteiger partial charge is 0.223 e. The number of aromatic nitrogens is 4. The summed E-state index contributed by atoms with van der Waals surface area (Å²) in [7, 11) is 0. The van der Waals surface area contributed by atoms with E-state index in [1.807, 2.05) is 25.3 Å². The summed E-state index contributed by atoms with van der Waals surface area (Å²) < 4.78 is 1.71. The van der Waals surface area contributed by atoms with Crippen molar-refractivity contribution in [2.45, 2.75) is 26.2 Å². The van der Waals surface area contributed by atoms with Gasteiger partial charge >= 0.3 is 0 Å². The third-order valence-corrected chi connectivity index (χ3v) is 3.82. The summed E-state index contributed by atoms with van der Waals surface area (Å²) in [5.74, 6) is 1.83. The first-order valence-corrected chi connectivity index (χ1v) is 7.58. The maximum absolute atomic E-state index is 11.7. The van der Waals surface area contributed by atoms with Crippen molar-refractivity contribution in [3.63, 3.8) is 0 Å². The fraction of sp³-hybridized carbons (Fsp3) is 0.467. The van der Waals surface area contributed by atoms with Gasteiger partial charge in [-0.2, -0.15) is 5.10 Å². The fourth-order valence-corrected chi connectivity index (χ4v) is 2.30. The molecule has 0 saturated heterocycles. The number of anilines is 1. The summed E-state index contributed by atoms with van der Waals surface area (Å²) in [5.41, 5.74) is 0.937. The van der Waals surface area contributed by atoms with Crippen LogP contribution >= 0.6 is 0 Å². The molecule has 1 aliphatic rings. The van der Waals surface area contributed by atoms with E-state index in [9.17, 15) is 4.79 Å². The molecule has 2 heterocycles. The summed E-state index contributed by atoms with van der Waals surface area (Å²) in [6.07, 6.45) is 6.59. The van der Waals surface area contributed by atoms with Crippen molar-refractivity contribution < 1.29 is 4.79 Å². The van der Waals surface area contributed by atoms with Crippen LogP contribution in [0, 0.1) is 12.8 Å². The number of aryl methyl sites for hydroxylation is 1. The molecule has 0 aliphatic heterocycles. The fourth-order valence-electron chi connectivity index (χ4n) is 2.30. The van der Waals surface area contributed by atoms with Crippen molar-refractivity contribution in [2.75, 3.05) is 18.4 Å². The second kappa shape index (κ2) is 6.55. The monoisotopic (exact) mass is 300 g/mol. The molecule has 1 fully saturated rings. The lowest BCUT2D eigenvalue weighted by atomic mass is 9.85. The van der Waals surface area contributed by atoms with E-state index in [0.29, 0.717) is 18.9 Å². The Morgan fingerprint density at radius 2 is 2.23 bits per heavy atom. The van der Waals surface area contributed by atoms with Crippen molar-refractivity contribution in [1.29, 1.82) is 0 Å². The van der Waals surface area contributed by atoms with Crippen molar-refractivity contribution >= 4 is 11.7 Å². The Labute approximate surface area is 129 Å². The first kappa shape index (κ1) is 14.5. The number of carbonyl (C=O) groups excluding carboxylic acids is 1. The second-order valence-electron chi connectivity index (χ2n) is 5.51. The Bertz CT molecular complexity index is 649. The molecular weight excluding hydrogens is 280 g/mol. The van der Waals surface area contributed by atoms with E-state index in [-0.39, 0.29) is 11.8 Å². The van der Waals surface area contributed by atoms with Gasteiger partial charge in [-0.3, -0.25) is 4.79 Å². The number of nitrogens with zero attached hydrogens (tertiary/aromatic N) is 4. The maximum Gasteiger partial charge on any atom is 0.223 e. The predicted molar refractivity (Wildman–Crippen MR) is 82.7 cm³/mol. The van der Waals surface area contributed by atoms with Crippen LogP contribution in [-0.4, -0.2) is 38.7 Å². The van der Waals surface area contributed by atoms with Gasteiger partial charge in [-0.05, 0) is 25.8 Å². The van der Waals surface area contributed by atoms with Crippen LogP contribution in [-0.2, 0) is 4.79 Å². The summed E-state index contributed by atoms with van der Waals surface area (Å²) in [4.78, 5) is 20.1. The van der Waals surface area contributed by atoms with Crippen molar-refractivity contribution in [1.82, 2.24) is 25.1 Å². The Morgan fingerprint density at radius 1 is 1.36 bits per heavy atom. The molecule has 3 rings (SSSR count). The SMILES string of the molecule is Cc1ccn(-c2cc(NCCNC(=O)C3CCC3)ncn2)n1. The molecule has 0 aromatic carbocycles. The molecule has 2 N–H and O–H groups in total. The second-order valence-corrected chi connectivity index (χ2v) is 5.51. The van der Waals surface area contributed by atoms with Crippen LogP contribution in [0.15, 0.2) is 24.7 Å². The molecule has 22 heavy (non-hydrogen) atoms. The number of carbonyl (C=O) groups is 1. The lowest BCUT2D eigenvalue weighted by Crippen LogP contribution is -2.36. The van der Waals surface area contributed by atoms with E-state index in [1.54, 1.807) is 4.68 Å². The number of rotatable bonds is 6. The van der Waals surface area contributed by atoms with Crippen LogP contribution in [0.1, 0.15) is 25.0 Å². The highest BCUT2D eigenvalue weighted by atomic mass is 16.1. The molecule has 2 aromatic rings. The van der Waals surface area contributed by atoms with Crippen molar-refractivity contribution in [3.05, 3.63) is 30.4 Å². The van der Waals surface area contributed by atoms with Crippen molar-refractivity contribution in [3.8, 4) is 5.82 Å². The maximum atomic E-state index is 11.7. The van der Waals surface area contributed by atoms with Gasteiger partial charge in [0.15, 0.2) is 5.82 Å². The Hall–Kier alpha value is -2.44. The zero-order valence-electron chi connectivity index (χ0n) is 12.6. The summed E-state index contributed by atoms with van der Waals surface area (Å²) in [6, 6.07) is 3.76. The summed E-state index contributed by atoms with van der Waals surface area (Å²) in [5, 5.41) is 10.4. The highest BCUT2D eigenvalue weighted by Crippen LogP contribution is 2.25. The first-order chi connectivity index (χ1) is 10.7. The lowest BCUT2D eigenvalue weighted by molar-refractivity contribution is -0.127. The molecule has 0 spiro atoms. The minimum Gasteiger partial charge on any atom is -0.368 e. The van der Waals surface area contributed by atoms with E-state index in [2.05, 4.69) is 25.7 Å². The molecule has 0 atom stereocenters. The van der Waals surface area contributed by atoms with Crippen LogP contribution in [0.4, 0.5) is 5.82 Å². The molecule has 116 valence electrons. The summed E-state index contributed by atoms with van der Waals surface area (Å²) in [6.45, 7) is 3.16. The van der Waals surface area contributed by atoms with E-state index in [0.717, 1.165) is 24.4 Å². The highest BCUT2D eigenvalue weighted by Gasteiger charge is 2.24. The van der Waals surface area contributed by atoms with Gasteiger partial charge in [0.2, 0.25) is 5.91 Å². The number of nitrogens with one attached hydrogen (secondary N) is 2. The van der Waals surface area contributed by atoms with Crippen LogP contribution in [0.5, 0.6) is 0 Å². The van der Waals surface area contributed by atoms with Gasteiger partial charge in [0.25, 0.3) is 0 Å². The average molecular weight is 300 g/mol. The van der Waals surface area contributed by atoms with E-state index < -0.39 is 0 Å². The molecule has 7 nitrogen and oxygen atoms in total. The standard InChI is InChI=1S/C15H20N6O/c1-11-5-8-21(20-11)14-9-13(18-10-19-14)16-6-7-17-15(22)12-3-2-4-12/h5,8-10,12H,2-4,6-7H2,1H3,(H,17,22)(H,16,18,19). The molecule has 1 aliphatic carbocycles. The molecular formula is C15H20N6O. The van der Waals surface area contributed by atoms with Gasteiger partial charge in [0.1, 0.15) is 12.1 Å². The third-order valence-electron chi connectivity index (χ3n) is 3.82. The first-order valence-electron chi connectivity index (χ1n) is 7.58. The van der Waals surface area contributed by atoms with Crippen LogP contribution in [0.2, 0.25) is 0 Å². The van der Waals surface area contributed by atoms with Gasteiger partial charge in [-0.25, -0.2) is 14.6 Å². The van der Waals surface area contributed by atoms with Gasteiger partial charge < -0.3 is 10.6 Å². The quantitative estimate of drug-likeness (QED) is 0.786. The lowest BCUT2D eigenvalue weighted by Gasteiger charge is -2.24. The molecule has 0 bridgehead atoms. The number of hydrogen-bond acceptors (Lipinski definition) is 5. The molecule has 0 unspecified atom stereocenters. The molecule has 7 heteroatoms. The van der Waals surface area contributed by atoms with E-state index >= 15 is 0 Å². The van der Waals surface area contributed by atoms with Gasteiger partial charge in [-0.15, -0.1) is 0 Å². The Morgan fingerprint density at radius 3 is 2.91 bits per heavy atom. The van der Waals surface area contributed by atoms with Gasteiger partial charge in [0, 0.05) is 31.3 Å².